The first-order chi connectivity index (χ1) is 14.9. The highest BCUT2D eigenvalue weighted by Gasteiger charge is 2.37. The summed E-state index contributed by atoms with van der Waals surface area (Å²) in [5.41, 5.74) is 9.39. The van der Waals surface area contributed by atoms with Crippen LogP contribution < -0.4 is 5.73 Å². The zero-order chi connectivity index (χ0) is 21.7. The van der Waals surface area contributed by atoms with Crippen molar-refractivity contribution in [1.29, 1.82) is 0 Å². The van der Waals surface area contributed by atoms with E-state index in [9.17, 15) is 4.79 Å². The van der Waals surface area contributed by atoms with Crippen molar-refractivity contribution in [3.8, 4) is 0 Å². The molecule has 3 aromatic rings. The van der Waals surface area contributed by atoms with Crippen molar-refractivity contribution in [1.82, 2.24) is 24.9 Å². The number of halogens is 2. The minimum atomic E-state index is -0.549. The fourth-order valence-electron chi connectivity index (χ4n) is 4.69. The summed E-state index contributed by atoms with van der Waals surface area (Å²) >= 11 is 12.6. The Hall–Kier alpha value is -2.42. The van der Waals surface area contributed by atoms with E-state index in [-0.39, 0.29) is 18.0 Å². The van der Waals surface area contributed by atoms with Gasteiger partial charge in [-0.05, 0) is 43.0 Å². The third-order valence-electron chi connectivity index (χ3n) is 6.23. The number of nitrogens with two attached hydrogens (primary N) is 1. The highest BCUT2D eigenvalue weighted by atomic mass is 35.5. The van der Waals surface area contributed by atoms with Crippen LogP contribution in [0.15, 0.2) is 24.4 Å². The Morgan fingerprint density at radius 2 is 2.13 bits per heavy atom. The third kappa shape index (κ3) is 3.62. The first-order valence-electron chi connectivity index (χ1n) is 10.3. The van der Waals surface area contributed by atoms with E-state index in [1.807, 2.05) is 22.6 Å². The van der Waals surface area contributed by atoms with E-state index in [2.05, 4.69) is 15.3 Å². The van der Waals surface area contributed by atoms with Crippen LogP contribution in [0, 0.1) is 0 Å². The molecule has 0 saturated carbocycles. The van der Waals surface area contributed by atoms with Crippen LogP contribution in [-0.2, 0) is 16.0 Å². The van der Waals surface area contributed by atoms with Gasteiger partial charge in [0.25, 0.3) is 5.91 Å². The Bertz CT molecular complexity index is 1170. The number of anilines is 1. The number of carbonyl (C=O) groups is 1. The second-order valence-electron chi connectivity index (χ2n) is 8.09. The largest absolute Gasteiger partial charge is 0.384 e. The predicted octanol–water partition coefficient (Wildman–Crippen LogP) is 3.58. The summed E-state index contributed by atoms with van der Waals surface area (Å²) in [6.45, 7) is 3.07. The van der Waals surface area contributed by atoms with Gasteiger partial charge in [-0.1, -0.05) is 28.4 Å². The minimum Gasteiger partial charge on any atom is -0.384 e. The third-order valence-corrected chi connectivity index (χ3v) is 6.76. The van der Waals surface area contributed by atoms with E-state index >= 15 is 0 Å². The molecule has 0 aliphatic carbocycles. The molecule has 2 aliphatic heterocycles. The number of fused-ring (bicyclic) bond motifs is 2. The van der Waals surface area contributed by atoms with Gasteiger partial charge in [0.15, 0.2) is 0 Å². The van der Waals surface area contributed by atoms with Gasteiger partial charge in [0.1, 0.15) is 17.4 Å². The molecule has 2 aromatic heterocycles. The first-order valence-corrected chi connectivity index (χ1v) is 11.0. The molecule has 1 aromatic carbocycles. The van der Waals surface area contributed by atoms with Gasteiger partial charge in [-0.2, -0.15) is 0 Å². The van der Waals surface area contributed by atoms with E-state index < -0.39 is 6.10 Å². The molecule has 1 amide bonds. The highest BCUT2D eigenvalue weighted by Crippen LogP contribution is 2.38. The molecule has 1 saturated heterocycles. The molecular weight excluding hydrogens is 439 g/mol. The molecule has 0 unspecified atom stereocenters. The molecule has 10 heteroatoms. The fraction of sp³-hybridized carbons (Fsp3) is 0.429. The number of carbonyl (C=O) groups excluding carboxylic acids is 1. The average molecular weight is 461 g/mol. The summed E-state index contributed by atoms with van der Waals surface area (Å²) in [5.74, 6) is 0.382. The average Bonchev–Trinajstić information content (AvgIpc) is 3.16. The van der Waals surface area contributed by atoms with Crippen molar-refractivity contribution in [3.63, 3.8) is 0 Å². The topological polar surface area (TPSA) is 99.2 Å². The summed E-state index contributed by atoms with van der Waals surface area (Å²) in [6, 6.07) is 5.27. The van der Waals surface area contributed by atoms with Crippen LogP contribution in [0.5, 0.6) is 0 Å². The van der Waals surface area contributed by atoms with Crippen LogP contribution in [0.2, 0.25) is 10.0 Å². The second-order valence-corrected chi connectivity index (χ2v) is 8.93. The molecular formula is C21H22Cl2N6O2. The molecule has 0 spiro atoms. The van der Waals surface area contributed by atoms with Crippen LogP contribution in [0.4, 0.5) is 5.82 Å². The standard InChI is InChI=1S/C21H22Cl2N6O2/c1-11-20-12(6-13(22)7-15(20)23)2-4-28(11)21(30)18-8-14(3-5-31-18)29-17-9-19(24)25-10-16(17)26-27-29/h6-7,9-11,14,18H,2-5,8H2,1H3,(H2,24,25)/t11-,14+,18+/m0/s1. The summed E-state index contributed by atoms with van der Waals surface area (Å²) in [5, 5.41) is 9.68. The van der Waals surface area contributed by atoms with Gasteiger partial charge in [-0.25, -0.2) is 9.67 Å². The van der Waals surface area contributed by atoms with Crippen molar-refractivity contribution >= 4 is 46.0 Å². The number of amides is 1. The SMILES string of the molecule is C[C@H]1c2c(Cl)cc(Cl)cc2CCN1C(=O)[C@H]1C[C@H](n2nnc3cnc(N)cc32)CCO1. The molecule has 31 heavy (non-hydrogen) atoms. The minimum absolute atomic E-state index is 0.00993. The lowest BCUT2D eigenvalue weighted by atomic mass is 9.92. The van der Waals surface area contributed by atoms with Crippen LogP contribution in [0.25, 0.3) is 11.0 Å². The van der Waals surface area contributed by atoms with Crippen LogP contribution in [-0.4, -0.2) is 50.0 Å². The monoisotopic (exact) mass is 460 g/mol. The maximum absolute atomic E-state index is 13.4. The summed E-state index contributed by atoms with van der Waals surface area (Å²) in [7, 11) is 0. The summed E-state index contributed by atoms with van der Waals surface area (Å²) in [6.07, 6.45) is 3.03. The zero-order valence-corrected chi connectivity index (χ0v) is 18.5. The molecule has 162 valence electrons. The lowest BCUT2D eigenvalue weighted by Crippen LogP contribution is -2.47. The Balaban J connectivity index is 1.38. The van der Waals surface area contributed by atoms with Gasteiger partial charge in [0.05, 0.1) is 23.8 Å². The molecule has 3 atom stereocenters. The lowest BCUT2D eigenvalue weighted by molar-refractivity contribution is -0.150. The molecule has 4 heterocycles. The van der Waals surface area contributed by atoms with Crippen LogP contribution in [0.1, 0.15) is 43.0 Å². The van der Waals surface area contributed by atoms with Crippen LogP contribution >= 0.6 is 23.2 Å². The maximum atomic E-state index is 13.4. The number of nitrogens with zero attached hydrogens (tertiary/aromatic N) is 5. The molecule has 0 radical (unpaired) electrons. The van der Waals surface area contributed by atoms with E-state index in [0.717, 1.165) is 23.1 Å². The van der Waals surface area contributed by atoms with E-state index in [1.54, 1.807) is 18.3 Å². The Labute approximate surface area is 189 Å². The van der Waals surface area contributed by atoms with Gasteiger partial charge in [0, 0.05) is 35.7 Å². The van der Waals surface area contributed by atoms with Gasteiger partial charge >= 0.3 is 0 Å². The quantitative estimate of drug-likeness (QED) is 0.627. The van der Waals surface area contributed by atoms with Crippen molar-refractivity contribution in [2.75, 3.05) is 18.9 Å². The smallest absolute Gasteiger partial charge is 0.252 e. The van der Waals surface area contributed by atoms with E-state index in [1.165, 1.54) is 0 Å². The van der Waals surface area contributed by atoms with Crippen molar-refractivity contribution in [2.24, 2.45) is 0 Å². The van der Waals surface area contributed by atoms with Gasteiger partial charge in [-0.3, -0.25) is 4.79 Å². The number of nitrogen functional groups attached to an aromatic ring is 1. The number of ether oxygens (including phenoxy) is 1. The Kier molecular flexibility index (Phi) is 5.24. The van der Waals surface area contributed by atoms with E-state index in [0.29, 0.717) is 47.4 Å². The molecule has 2 N–H and O–H groups in total. The van der Waals surface area contributed by atoms with Crippen molar-refractivity contribution in [3.05, 3.63) is 45.6 Å². The zero-order valence-electron chi connectivity index (χ0n) is 17.0. The number of aromatic nitrogens is 4. The molecule has 0 bridgehead atoms. The molecule has 2 aliphatic rings. The maximum Gasteiger partial charge on any atom is 0.252 e. The Morgan fingerprint density at radius 1 is 1.29 bits per heavy atom. The molecule has 8 nitrogen and oxygen atoms in total. The van der Waals surface area contributed by atoms with Crippen LogP contribution in [0.3, 0.4) is 0 Å². The van der Waals surface area contributed by atoms with Crippen molar-refractivity contribution < 1.29 is 9.53 Å². The second kappa shape index (κ2) is 7.93. The van der Waals surface area contributed by atoms with Gasteiger partial charge in [-0.15, -0.1) is 5.10 Å². The number of rotatable bonds is 2. The number of benzene rings is 1. The number of hydrogen-bond donors (Lipinski definition) is 1. The Morgan fingerprint density at radius 3 is 2.97 bits per heavy atom. The number of pyridine rings is 1. The normalized spacial score (nSPS) is 23.7. The first kappa shape index (κ1) is 20.5. The highest BCUT2D eigenvalue weighted by molar-refractivity contribution is 6.35. The predicted molar refractivity (Wildman–Crippen MR) is 118 cm³/mol. The van der Waals surface area contributed by atoms with E-state index in [4.69, 9.17) is 33.7 Å². The van der Waals surface area contributed by atoms with Gasteiger partial charge < -0.3 is 15.4 Å². The molecule has 5 rings (SSSR count). The summed E-state index contributed by atoms with van der Waals surface area (Å²) in [4.78, 5) is 19.4. The number of hydrogen-bond acceptors (Lipinski definition) is 6. The fourth-order valence-corrected chi connectivity index (χ4v) is 5.38. The molecule has 1 fully saturated rings. The lowest BCUT2D eigenvalue weighted by Gasteiger charge is -2.39. The van der Waals surface area contributed by atoms with Gasteiger partial charge in [0.2, 0.25) is 0 Å². The van der Waals surface area contributed by atoms with Crippen molar-refractivity contribution in [2.45, 2.75) is 44.4 Å². The summed E-state index contributed by atoms with van der Waals surface area (Å²) < 4.78 is 7.74.